The molecule has 1 atom stereocenters. The Morgan fingerprint density at radius 3 is 1.60 bits per heavy atom. The van der Waals surface area contributed by atoms with Crippen LogP contribution in [0.25, 0.3) is 0 Å². The molecule has 0 heterocycles. The van der Waals surface area contributed by atoms with Gasteiger partial charge in [-0.25, -0.2) is 4.79 Å². The first-order chi connectivity index (χ1) is 25.3. The Morgan fingerprint density at radius 1 is 0.635 bits per heavy atom. The Morgan fingerprint density at radius 2 is 1.10 bits per heavy atom. The second kappa shape index (κ2) is 38.4. The standard InChI is InChI=1S/C40H74N3O8P/c1-4-5-6-7-8-9-10-11-12-13-14-15-16-17-18-19-20-21-22-38(44)43-37(40(46)47)24-23-35(2)41-25-27-48-30-32-51-34-39(45)42-26-28-49-29-31-50-33-36(3)52/h4,37,41,52H,1-2,5-34H2,3H3,(H,42,45)(H,43,44)(H,46,47). The third kappa shape index (κ3) is 37.5. The predicted molar refractivity (Wildman–Crippen MR) is 215 cm³/mol. The molecule has 0 saturated heterocycles. The predicted octanol–water partition coefficient (Wildman–Crippen LogP) is 7.16. The number of hydrogen-bond donors (Lipinski definition) is 4. The maximum atomic E-state index is 12.4. The van der Waals surface area contributed by atoms with E-state index < -0.39 is 12.0 Å². The minimum atomic E-state index is -1.04. The lowest BCUT2D eigenvalue weighted by atomic mass is 10.0. The zero-order chi connectivity index (χ0) is 38.3. The van der Waals surface area contributed by atoms with Crippen LogP contribution in [-0.2, 0) is 33.3 Å². The average Bonchev–Trinajstić information content (AvgIpc) is 3.11. The summed E-state index contributed by atoms with van der Waals surface area (Å²) in [6.07, 6.45) is 24.4. The highest BCUT2D eigenvalue weighted by Crippen LogP contribution is 2.14. The van der Waals surface area contributed by atoms with Crippen LogP contribution in [0.3, 0.4) is 0 Å². The van der Waals surface area contributed by atoms with Crippen molar-refractivity contribution in [1.29, 1.82) is 0 Å². The fourth-order valence-electron chi connectivity index (χ4n) is 5.42. The van der Waals surface area contributed by atoms with Gasteiger partial charge in [0.05, 0.1) is 46.2 Å². The number of rotatable bonds is 41. The molecule has 11 nitrogen and oxygen atoms in total. The third-order valence-corrected chi connectivity index (χ3v) is 8.56. The van der Waals surface area contributed by atoms with Crippen molar-refractivity contribution in [1.82, 2.24) is 16.0 Å². The number of amides is 2. The number of carbonyl (C=O) groups excluding carboxylic acids is 2. The van der Waals surface area contributed by atoms with Crippen LogP contribution in [0.4, 0.5) is 0 Å². The Hall–Kier alpha value is -2.30. The van der Waals surface area contributed by atoms with E-state index in [9.17, 15) is 19.5 Å². The Kier molecular flexibility index (Phi) is 36.7. The van der Waals surface area contributed by atoms with E-state index in [1.165, 1.54) is 83.5 Å². The minimum absolute atomic E-state index is 0.0544. The van der Waals surface area contributed by atoms with Crippen molar-refractivity contribution in [2.24, 2.45) is 0 Å². The molecule has 0 aliphatic rings. The van der Waals surface area contributed by atoms with Gasteiger partial charge in [0, 0.05) is 25.2 Å². The van der Waals surface area contributed by atoms with Gasteiger partial charge in [0.15, 0.2) is 0 Å². The molecular weight excluding hydrogens is 681 g/mol. The van der Waals surface area contributed by atoms with Crippen molar-refractivity contribution in [3.63, 3.8) is 0 Å². The fourth-order valence-corrected chi connectivity index (χ4v) is 5.53. The maximum Gasteiger partial charge on any atom is 0.326 e. The minimum Gasteiger partial charge on any atom is -0.480 e. The highest BCUT2D eigenvalue weighted by molar-refractivity contribution is 7.21. The molecule has 0 aromatic heterocycles. The summed E-state index contributed by atoms with van der Waals surface area (Å²) >= 11 is 0. The molecule has 0 fully saturated rings. The van der Waals surface area contributed by atoms with Gasteiger partial charge in [0.2, 0.25) is 11.8 Å². The first kappa shape index (κ1) is 49.7. The van der Waals surface area contributed by atoms with Gasteiger partial charge in [-0.05, 0) is 44.3 Å². The molecule has 0 bridgehead atoms. The van der Waals surface area contributed by atoms with E-state index in [1.807, 2.05) is 13.0 Å². The first-order valence-corrected chi connectivity index (χ1v) is 20.4. The Bertz CT molecular complexity index is 937. The molecule has 0 radical (unpaired) electrons. The van der Waals surface area contributed by atoms with E-state index in [0.29, 0.717) is 71.3 Å². The van der Waals surface area contributed by atoms with Crippen LogP contribution >= 0.6 is 8.86 Å². The van der Waals surface area contributed by atoms with Crippen molar-refractivity contribution in [3.8, 4) is 0 Å². The van der Waals surface area contributed by atoms with Crippen molar-refractivity contribution in [2.75, 3.05) is 65.9 Å². The zero-order valence-electron chi connectivity index (χ0n) is 32.6. The second-order valence-corrected chi connectivity index (χ2v) is 14.3. The number of allylic oxidation sites excluding steroid dienone is 2. The van der Waals surface area contributed by atoms with Crippen LogP contribution in [0.1, 0.15) is 135 Å². The normalized spacial score (nSPS) is 11.6. The molecule has 2 amide bonds. The number of ether oxygens (including phenoxy) is 4. The second-order valence-electron chi connectivity index (χ2n) is 13.5. The summed E-state index contributed by atoms with van der Waals surface area (Å²) in [5, 5.41) is 19.1. The lowest BCUT2D eigenvalue weighted by Crippen LogP contribution is -2.41. The van der Waals surface area contributed by atoms with Gasteiger partial charge in [-0.3, -0.25) is 9.59 Å². The molecule has 4 N–H and O–H groups in total. The van der Waals surface area contributed by atoms with E-state index >= 15 is 0 Å². The van der Waals surface area contributed by atoms with Gasteiger partial charge in [0.1, 0.15) is 12.6 Å². The third-order valence-electron chi connectivity index (χ3n) is 8.42. The van der Waals surface area contributed by atoms with Crippen LogP contribution in [0, 0.1) is 0 Å². The summed E-state index contributed by atoms with van der Waals surface area (Å²) in [6, 6.07) is -0.941. The van der Waals surface area contributed by atoms with Crippen LogP contribution in [-0.4, -0.2) is 100 Å². The summed E-state index contributed by atoms with van der Waals surface area (Å²) in [5.41, 5.74) is 0.682. The molecule has 0 saturated carbocycles. The van der Waals surface area contributed by atoms with Gasteiger partial charge in [-0.1, -0.05) is 103 Å². The molecule has 0 aromatic rings. The van der Waals surface area contributed by atoms with E-state index in [1.54, 1.807) is 0 Å². The van der Waals surface area contributed by atoms with Crippen molar-refractivity contribution >= 4 is 31.9 Å². The number of aliphatic carboxylic acids is 1. The quantitative estimate of drug-likeness (QED) is 0.0290. The Labute approximate surface area is 318 Å². The zero-order valence-corrected chi connectivity index (χ0v) is 33.6. The Balaban J connectivity index is 3.64. The van der Waals surface area contributed by atoms with Crippen LogP contribution < -0.4 is 16.0 Å². The highest BCUT2D eigenvalue weighted by Gasteiger charge is 2.19. The van der Waals surface area contributed by atoms with Gasteiger partial charge in [-0.15, -0.1) is 15.4 Å². The van der Waals surface area contributed by atoms with E-state index in [2.05, 4.69) is 38.0 Å². The van der Waals surface area contributed by atoms with Gasteiger partial charge >= 0.3 is 5.97 Å². The maximum absolute atomic E-state index is 12.4. The lowest BCUT2D eigenvalue weighted by molar-refractivity contribution is -0.142. The van der Waals surface area contributed by atoms with Crippen LogP contribution in [0.5, 0.6) is 0 Å². The first-order valence-electron chi connectivity index (χ1n) is 19.9. The largest absolute Gasteiger partial charge is 0.480 e. The molecule has 0 aliphatic carbocycles. The van der Waals surface area contributed by atoms with Gasteiger partial charge < -0.3 is 40.0 Å². The molecule has 1 unspecified atom stereocenters. The number of nitrogens with one attached hydrogen (secondary N) is 3. The number of carboxylic acids is 1. The highest BCUT2D eigenvalue weighted by atomic mass is 31.0. The fraction of sp³-hybridized carbons (Fsp3) is 0.800. The molecular formula is C40H74N3O8P. The molecule has 52 heavy (non-hydrogen) atoms. The molecule has 0 aliphatic heterocycles. The lowest BCUT2D eigenvalue weighted by Gasteiger charge is -2.16. The van der Waals surface area contributed by atoms with E-state index in [-0.39, 0.29) is 31.4 Å². The summed E-state index contributed by atoms with van der Waals surface area (Å²) in [5.74, 6) is -1.47. The summed E-state index contributed by atoms with van der Waals surface area (Å²) in [7, 11) is 3.37. The van der Waals surface area contributed by atoms with E-state index in [0.717, 1.165) is 31.0 Å². The number of carbonyl (C=O) groups is 3. The van der Waals surface area contributed by atoms with E-state index in [4.69, 9.17) is 18.9 Å². The summed E-state index contributed by atoms with van der Waals surface area (Å²) in [6.45, 7) is 13.4. The molecule has 12 heteroatoms. The van der Waals surface area contributed by atoms with Crippen molar-refractivity contribution < 1.29 is 38.4 Å². The van der Waals surface area contributed by atoms with Gasteiger partial charge in [0.25, 0.3) is 0 Å². The molecule has 0 spiro atoms. The topological polar surface area (TPSA) is 144 Å². The summed E-state index contributed by atoms with van der Waals surface area (Å²) in [4.78, 5) is 35.9. The monoisotopic (exact) mass is 756 g/mol. The van der Waals surface area contributed by atoms with Gasteiger partial charge in [-0.2, -0.15) is 0 Å². The van der Waals surface area contributed by atoms with Crippen LogP contribution in [0.15, 0.2) is 24.9 Å². The van der Waals surface area contributed by atoms with Crippen molar-refractivity contribution in [3.05, 3.63) is 24.9 Å². The molecule has 0 rings (SSSR count). The SMILES string of the molecule is C=CCCCCCCCCCCCCCCCCCCC(=O)NC(CCC(=C)NCCOCCOCC(=O)NCCOCCOCC(C)=P)C(=O)O. The number of hydrogen-bond acceptors (Lipinski definition) is 8. The number of carboxylic acid groups (broad SMARTS) is 1. The number of unbranched alkanes of at least 4 members (excludes halogenated alkanes) is 16. The molecule has 302 valence electrons. The van der Waals surface area contributed by atoms with Crippen molar-refractivity contribution in [2.45, 2.75) is 141 Å². The smallest absolute Gasteiger partial charge is 0.326 e. The summed E-state index contributed by atoms with van der Waals surface area (Å²) < 4.78 is 21.5. The molecule has 0 aromatic carbocycles. The average molecular weight is 756 g/mol. The van der Waals surface area contributed by atoms with Crippen LogP contribution in [0.2, 0.25) is 0 Å².